The monoisotopic (exact) mass is 444 g/mol. The number of hydrogen-bond acceptors (Lipinski definition) is 2. The van der Waals surface area contributed by atoms with E-state index in [1.807, 2.05) is 12.1 Å². The molecule has 2 aliphatic rings. The summed E-state index contributed by atoms with van der Waals surface area (Å²) in [5, 5.41) is 3.24. The van der Waals surface area contributed by atoms with Gasteiger partial charge in [0.1, 0.15) is 0 Å². The van der Waals surface area contributed by atoms with E-state index >= 15 is 0 Å². The molecule has 1 aliphatic heterocycles. The van der Waals surface area contributed by atoms with Crippen LogP contribution in [0.5, 0.6) is 0 Å². The van der Waals surface area contributed by atoms with E-state index in [2.05, 4.69) is 107 Å². The standard InChI is InChI=1S/C31H28N2O/c34-30-31(27-17-9-10-18-28(27)32-30)20-26-16-8-7-15-25(26)19-29(31)33(21-23-11-3-1-4-12-23)22-24-13-5-2-6-14-24/h1-18,29H,19-22H2,(H,32,34)/t29-,31-/m0/s1. The van der Waals surface area contributed by atoms with Gasteiger partial charge < -0.3 is 5.32 Å². The number of carbonyl (C=O) groups is 1. The van der Waals surface area contributed by atoms with Gasteiger partial charge in [0.05, 0.1) is 5.41 Å². The summed E-state index contributed by atoms with van der Waals surface area (Å²) in [4.78, 5) is 16.4. The lowest BCUT2D eigenvalue weighted by Gasteiger charge is -2.46. The summed E-state index contributed by atoms with van der Waals surface area (Å²) in [5.74, 6) is 0.124. The molecule has 0 unspecified atom stereocenters. The van der Waals surface area contributed by atoms with E-state index in [4.69, 9.17) is 0 Å². The van der Waals surface area contributed by atoms with Crippen molar-refractivity contribution >= 4 is 11.6 Å². The number of nitrogens with one attached hydrogen (secondary N) is 1. The number of anilines is 1. The van der Waals surface area contributed by atoms with Crippen molar-refractivity contribution in [3.63, 3.8) is 0 Å². The molecule has 0 saturated carbocycles. The largest absolute Gasteiger partial charge is 0.325 e. The molecular weight excluding hydrogens is 416 g/mol. The molecular formula is C31H28N2O. The predicted octanol–water partition coefficient (Wildman–Crippen LogP) is 5.75. The number of para-hydroxylation sites is 1. The zero-order chi connectivity index (χ0) is 23.0. The van der Waals surface area contributed by atoms with Crippen molar-refractivity contribution < 1.29 is 4.79 Å². The molecule has 3 heteroatoms. The average molecular weight is 445 g/mol. The number of benzene rings is 4. The quantitative estimate of drug-likeness (QED) is 0.425. The molecule has 1 heterocycles. The molecule has 2 atom stereocenters. The normalized spacial score (nSPS) is 20.7. The van der Waals surface area contributed by atoms with E-state index in [0.717, 1.165) is 37.2 Å². The molecule has 4 aromatic carbocycles. The number of nitrogens with zero attached hydrogens (tertiary/aromatic N) is 1. The second-order valence-electron chi connectivity index (χ2n) is 9.51. The van der Waals surface area contributed by atoms with Crippen molar-refractivity contribution in [1.82, 2.24) is 4.90 Å². The van der Waals surface area contributed by atoms with E-state index in [0.29, 0.717) is 0 Å². The number of rotatable bonds is 5. The third-order valence-electron chi connectivity index (χ3n) is 7.53. The maximum Gasteiger partial charge on any atom is 0.237 e. The molecule has 168 valence electrons. The molecule has 1 aliphatic carbocycles. The summed E-state index contributed by atoms with van der Waals surface area (Å²) >= 11 is 0. The molecule has 1 amide bonds. The molecule has 1 spiro atoms. The number of carbonyl (C=O) groups excluding carboxylic acids is 1. The number of amides is 1. The number of hydrogen-bond donors (Lipinski definition) is 1. The molecule has 0 fully saturated rings. The van der Waals surface area contributed by atoms with E-state index in [-0.39, 0.29) is 11.9 Å². The van der Waals surface area contributed by atoms with Crippen LogP contribution in [0.1, 0.15) is 27.8 Å². The highest BCUT2D eigenvalue weighted by molar-refractivity contribution is 6.07. The van der Waals surface area contributed by atoms with Crippen molar-refractivity contribution in [3.05, 3.63) is 137 Å². The van der Waals surface area contributed by atoms with Gasteiger partial charge in [-0.25, -0.2) is 0 Å². The Balaban J connectivity index is 1.50. The van der Waals surface area contributed by atoms with Gasteiger partial charge in [0.15, 0.2) is 0 Å². The van der Waals surface area contributed by atoms with Crippen LogP contribution in [0.4, 0.5) is 5.69 Å². The Labute approximate surface area is 201 Å². The zero-order valence-electron chi connectivity index (χ0n) is 19.2. The summed E-state index contributed by atoms with van der Waals surface area (Å²) in [6.45, 7) is 1.58. The first-order valence-corrected chi connectivity index (χ1v) is 12.0. The van der Waals surface area contributed by atoms with E-state index in [1.54, 1.807) is 0 Å². The Bertz CT molecular complexity index is 1280. The van der Waals surface area contributed by atoms with Crippen molar-refractivity contribution in [2.45, 2.75) is 37.4 Å². The Morgan fingerprint density at radius 2 is 1.26 bits per heavy atom. The van der Waals surface area contributed by atoms with Crippen LogP contribution in [0.15, 0.2) is 109 Å². The molecule has 6 rings (SSSR count). The highest BCUT2D eigenvalue weighted by Gasteiger charge is 2.55. The van der Waals surface area contributed by atoms with Gasteiger partial charge in [-0.3, -0.25) is 9.69 Å². The Morgan fingerprint density at radius 1 is 0.706 bits per heavy atom. The fourth-order valence-corrected chi connectivity index (χ4v) is 5.93. The van der Waals surface area contributed by atoms with E-state index < -0.39 is 5.41 Å². The molecule has 4 aromatic rings. The predicted molar refractivity (Wildman–Crippen MR) is 137 cm³/mol. The topological polar surface area (TPSA) is 32.3 Å². The van der Waals surface area contributed by atoms with Gasteiger partial charge in [-0.05, 0) is 46.7 Å². The first kappa shape index (κ1) is 20.9. The summed E-state index contributed by atoms with van der Waals surface area (Å²) in [6.07, 6.45) is 1.56. The van der Waals surface area contributed by atoms with Gasteiger partial charge in [0, 0.05) is 24.8 Å². The van der Waals surface area contributed by atoms with Crippen LogP contribution in [0, 0.1) is 0 Å². The summed E-state index contributed by atoms with van der Waals surface area (Å²) < 4.78 is 0. The Morgan fingerprint density at radius 3 is 1.94 bits per heavy atom. The molecule has 0 aromatic heterocycles. The Kier molecular flexibility index (Phi) is 5.27. The molecule has 0 bridgehead atoms. The third-order valence-corrected chi connectivity index (χ3v) is 7.53. The number of fused-ring (bicyclic) bond motifs is 3. The maximum atomic E-state index is 13.9. The highest BCUT2D eigenvalue weighted by Crippen LogP contribution is 2.48. The molecule has 0 saturated heterocycles. The van der Waals surface area contributed by atoms with Crippen LogP contribution in [-0.4, -0.2) is 16.8 Å². The second kappa shape index (κ2) is 8.58. The molecule has 0 radical (unpaired) electrons. The van der Waals surface area contributed by atoms with E-state index in [1.165, 1.54) is 22.3 Å². The van der Waals surface area contributed by atoms with Gasteiger partial charge in [0.25, 0.3) is 0 Å². The van der Waals surface area contributed by atoms with Gasteiger partial charge in [0.2, 0.25) is 5.91 Å². The van der Waals surface area contributed by atoms with Crippen molar-refractivity contribution in [1.29, 1.82) is 0 Å². The fourth-order valence-electron chi connectivity index (χ4n) is 5.93. The van der Waals surface area contributed by atoms with Crippen LogP contribution in [-0.2, 0) is 36.1 Å². The van der Waals surface area contributed by atoms with Crippen LogP contribution in [0.3, 0.4) is 0 Å². The minimum Gasteiger partial charge on any atom is -0.325 e. The second-order valence-corrected chi connectivity index (χ2v) is 9.51. The van der Waals surface area contributed by atoms with Crippen molar-refractivity contribution in [2.24, 2.45) is 0 Å². The van der Waals surface area contributed by atoms with Crippen LogP contribution < -0.4 is 5.32 Å². The van der Waals surface area contributed by atoms with Crippen molar-refractivity contribution in [2.75, 3.05) is 5.32 Å². The zero-order valence-corrected chi connectivity index (χ0v) is 19.2. The lowest BCUT2D eigenvalue weighted by molar-refractivity contribution is -0.124. The first-order valence-electron chi connectivity index (χ1n) is 12.0. The molecule has 3 nitrogen and oxygen atoms in total. The van der Waals surface area contributed by atoms with Crippen LogP contribution in [0.25, 0.3) is 0 Å². The molecule has 34 heavy (non-hydrogen) atoms. The highest BCUT2D eigenvalue weighted by atomic mass is 16.2. The van der Waals surface area contributed by atoms with Crippen molar-refractivity contribution in [3.8, 4) is 0 Å². The minimum atomic E-state index is -0.617. The van der Waals surface area contributed by atoms with Gasteiger partial charge >= 0.3 is 0 Å². The van der Waals surface area contributed by atoms with Crippen LogP contribution in [0.2, 0.25) is 0 Å². The SMILES string of the molecule is O=C1Nc2ccccc2[C@]12Cc1ccccc1C[C@@H]2N(Cc1ccccc1)Cc1ccccc1. The summed E-state index contributed by atoms with van der Waals surface area (Å²) in [5.41, 5.74) is 6.63. The van der Waals surface area contributed by atoms with E-state index in [9.17, 15) is 4.79 Å². The summed E-state index contributed by atoms with van der Waals surface area (Å²) in [6, 6.07) is 38.2. The smallest absolute Gasteiger partial charge is 0.237 e. The van der Waals surface area contributed by atoms with Gasteiger partial charge in [-0.2, -0.15) is 0 Å². The average Bonchev–Trinajstić information content (AvgIpc) is 3.16. The lowest BCUT2D eigenvalue weighted by Crippen LogP contribution is -2.58. The lowest BCUT2D eigenvalue weighted by atomic mass is 9.64. The summed E-state index contributed by atoms with van der Waals surface area (Å²) in [7, 11) is 0. The van der Waals surface area contributed by atoms with Gasteiger partial charge in [-0.1, -0.05) is 103 Å². The van der Waals surface area contributed by atoms with Crippen LogP contribution >= 0.6 is 0 Å². The fraction of sp³-hybridized carbons (Fsp3) is 0.194. The third kappa shape index (κ3) is 3.53. The van der Waals surface area contributed by atoms with Gasteiger partial charge in [-0.15, -0.1) is 0 Å². The minimum absolute atomic E-state index is 0.0338. The maximum absolute atomic E-state index is 13.9. The first-order chi connectivity index (χ1) is 16.7. The Hall–Kier alpha value is -3.69. The molecule has 1 N–H and O–H groups in total.